The lowest BCUT2D eigenvalue weighted by Gasteiger charge is -2.38. The number of rotatable bonds is 4. The van der Waals surface area contributed by atoms with Crippen LogP contribution in [-0.4, -0.2) is 11.4 Å². The van der Waals surface area contributed by atoms with E-state index >= 15 is 0 Å². The zero-order valence-electron chi connectivity index (χ0n) is 15.7. The van der Waals surface area contributed by atoms with Crippen molar-refractivity contribution in [2.45, 2.75) is 80.7 Å². The second-order valence-corrected chi connectivity index (χ2v) is 7.57. The summed E-state index contributed by atoms with van der Waals surface area (Å²) in [6.45, 7) is 19.4. The lowest BCUT2D eigenvalue weighted by molar-refractivity contribution is -0.0715. The topological polar surface area (TPSA) is 43.2 Å². The predicted octanol–water partition coefficient (Wildman–Crippen LogP) is 4.96. The van der Waals surface area contributed by atoms with E-state index in [4.69, 9.17) is 9.47 Å². The summed E-state index contributed by atoms with van der Waals surface area (Å²) in [6, 6.07) is 0. The summed E-state index contributed by atoms with van der Waals surface area (Å²) >= 11 is 0. The number of hydrogen-bond acceptors (Lipinski definition) is 4. The first-order valence-electron chi connectivity index (χ1n) is 7.46. The van der Waals surface area contributed by atoms with Crippen LogP contribution in [0.25, 0.3) is 0 Å². The highest BCUT2D eigenvalue weighted by molar-refractivity contribution is 4.97. The number of nitrogens with zero attached hydrogens (tertiary/aromatic N) is 2. The fourth-order valence-electron chi connectivity index (χ4n) is 1.14. The van der Waals surface area contributed by atoms with Crippen LogP contribution in [0.3, 0.4) is 0 Å². The molecule has 0 aliphatic rings. The Morgan fingerprint density at radius 3 is 1.05 bits per heavy atom. The molecule has 4 nitrogen and oxygen atoms in total. The molecule has 4 heteroatoms. The maximum Gasteiger partial charge on any atom is 0.231 e. The van der Waals surface area contributed by atoms with Gasteiger partial charge in [0.05, 0.1) is 0 Å². The maximum absolute atomic E-state index is 5.64. The zero-order valence-corrected chi connectivity index (χ0v) is 15.7. The first-order chi connectivity index (χ1) is 9.83. The van der Waals surface area contributed by atoms with E-state index in [-0.39, 0.29) is 10.8 Å². The number of azo groups is 1. The van der Waals surface area contributed by atoms with Crippen LogP contribution in [-0.2, 0) is 9.47 Å². The van der Waals surface area contributed by atoms with Crippen LogP contribution >= 0.6 is 0 Å². The van der Waals surface area contributed by atoms with E-state index in [0.717, 1.165) is 0 Å². The fraction of sp³-hybridized carbons (Fsp3) is 0.778. The second-order valence-electron chi connectivity index (χ2n) is 7.57. The number of ether oxygens (including phenoxy) is 2. The van der Waals surface area contributed by atoms with E-state index in [9.17, 15) is 0 Å². The van der Waals surface area contributed by atoms with Crippen molar-refractivity contribution in [3.63, 3.8) is 0 Å². The molecule has 0 aromatic carbocycles. The van der Waals surface area contributed by atoms with Crippen LogP contribution in [0.1, 0.15) is 69.2 Å². The Hall–Kier alpha value is -1.68. The molecule has 2 unspecified atom stereocenters. The molecule has 0 aromatic heterocycles. The molecule has 0 bridgehead atoms. The Morgan fingerprint density at radius 2 is 0.864 bits per heavy atom. The highest BCUT2D eigenvalue weighted by atomic mass is 16.5. The molecule has 0 saturated heterocycles. The van der Waals surface area contributed by atoms with E-state index in [1.54, 1.807) is 13.8 Å². The molecule has 0 rings (SSSR count). The van der Waals surface area contributed by atoms with Gasteiger partial charge in [0, 0.05) is 24.7 Å². The molecular formula is C18H30N2O2. The molecular weight excluding hydrogens is 276 g/mol. The molecule has 0 amide bonds. The minimum Gasteiger partial charge on any atom is -0.414 e. The molecule has 0 fully saturated rings. The zero-order chi connectivity index (χ0) is 17.7. The van der Waals surface area contributed by atoms with Crippen molar-refractivity contribution in [2.75, 3.05) is 0 Å². The standard InChI is InChI=1S/C18H30N2O2/c1-11-13-21-17(9,15(3,4)5)19-20-18(10,16(6,7)8)22-14-12-2/h1-10H3. The van der Waals surface area contributed by atoms with Gasteiger partial charge in [-0.1, -0.05) is 53.4 Å². The Balaban J connectivity index is 5.75. The van der Waals surface area contributed by atoms with Gasteiger partial charge in [0.25, 0.3) is 0 Å². The molecule has 2 atom stereocenters. The van der Waals surface area contributed by atoms with Crippen LogP contribution in [0.4, 0.5) is 0 Å². The summed E-state index contributed by atoms with van der Waals surface area (Å²) in [5, 5.41) is 8.93. The van der Waals surface area contributed by atoms with Gasteiger partial charge in [0.2, 0.25) is 11.4 Å². The second kappa shape index (κ2) is 7.05. The Bertz CT molecular complexity index is 470. The average Bonchev–Trinajstić information content (AvgIpc) is 2.38. The molecule has 0 heterocycles. The first-order valence-corrected chi connectivity index (χ1v) is 7.46. The third kappa shape index (κ3) is 4.95. The Labute approximate surface area is 136 Å². The van der Waals surface area contributed by atoms with Crippen molar-refractivity contribution >= 4 is 0 Å². The van der Waals surface area contributed by atoms with Gasteiger partial charge in [-0.25, -0.2) is 0 Å². The van der Waals surface area contributed by atoms with Gasteiger partial charge in [0.15, 0.2) is 0 Å². The SMILES string of the molecule is CC#COC(C)(N=NC(C)(OC#CC)C(C)(C)C)C(C)(C)C. The van der Waals surface area contributed by atoms with Gasteiger partial charge in [-0.15, -0.1) is 10.2 Å². The molecule has 0 radical (unpaired) electrons. The summed E-state index contributed by atoms with van der Waals surface area (Å²) in [4.78, 5) is 0. The molecule has 0 aromatic rings. The van der Waals surface area contributed by atoms with Crippen molar-refractivity contribution in [2.24, 2.45) is 21.1 Å². The molecule has 0 N–H and O–H groups in total. The van der Waals surface area contributed by atoms with Crippen molar-refractivity contribution in [3.05, 3.63) is 0 Å². The van der Waals surface area contributed by atoms with Gasteiger partial charge in [0.1, 0.15) is 12.2 Å². The van der Waals surface area contributed by atoms with Crippen LogP contribution in [0.15, 0.2) is 10.2 Å². The third-order valence-corrected chi connectivity index (χ3v) is 3.92. The molecule has 0 aliphatic heterocycles. The van der Waals surface area contributed by atoms with Crippen LogP contribution in [0.2, 0.25) is 0 Å². The largest absolute Gasteiger partial charge is 0.414 e. The molecule has 22 heavy (non-hydrogen) atoms. The van der Waals surface area contributed by atoms with Gasteiger partial charge in [-0.05, 0) is 13.8 Å². The van der Waals surface area contributed by atoms with Crippen LogP contribution in [0, 0.1) is 34.9 Å². The van der Waals surface area contributed by atoms with Crippen LogP contribution in [0.5, 0.6) is 0 Å². The molecule has 124 valence electrons. The summed E-state index contributed by atoms with van der Waals surface area (Å²) in [7, 11) is 0. The summed E-state index contributed by atoms with van der Waals surface area (Å²) in [6.07, 6.45) is 5.28. The van der Waals surface area contributed by atoms with E-state index in [1.807, 2.05) is 55.4 Å². The predicted molar refractivity (Wildman–Crippen MR) is 89.6 cm³/mol. The van der Waals surface area contributed by atoms with Gasteiger partial charge < -0.3 is 9.47 Å². The summed E-state index contributed by atoms with van der Waals surface area (Å²) < 4.78 is 11.3. The lowest BCUT2D eigenvalue weighted by Crippen LogP contribution is -2.43. The van der Waals surface area contributed by atoms with Crippen molar-refractivity contribution in [3.8, 4) is 24.1 Å². The highest BCUT2D eigenvalue weighted by Crippen LogP contribution is 2.39. The van der Waals surface area contributed by atoms with E-state index < -0.39 is 11.4 Å². The third-order valence-electron chi connectivity index (χ3n) is 3.92. The maximum atomic E-state index is 5.64. The molecule has 0 spiro atoms. The van der Waals surface area contributed by atoms with Crippen molar-refractivity contribution < 1.29 is 9.47 Å². The summed E-state index contributed by atoms with van der Waals surface area (Å²) in [5.74, 6) is 5.46. The van der Waals surface area contributed by atoms with E-state index in [2.05, 4.69) is 34.3 Å². The fourth-order valence-corrected chi connectivity index (χ4v) is 1.14. The smallest absolute Gasteiger partial charge is 0.231 e. The van der Waals surface area contributed by atoms with Crippen LogP contribution < -0.4 is 0 Å². The normalized spacial score (nSPS) is 17.4. The molecule has 0 aliphatic carbocycles. The quantitative estimate of drug-likeness (QED) is 0.544. The van der Waals surface area contributed by atoms with Crippen molar-refractivity contribution in [1.82, 2.24) is 0 Å². The van der Waals surface area contributed by atoms with Gasteiger partial charge in [-0.2, -0.15) is 0 Å². The van der Waals surface area contributed by atoms with Crippen molar-refractivity contribution in [1.29, 1.82) is 0 Å². The minimum absolute atomic E-state index is 0.282. The first kappa shape index (κ1) is 20.3. The van der Waals surface area contributed by atoms with E-state index in [0.29, 0.717) is 0 Å². The monoisotopic (exact) mass is 306 g/mol. The van der Waals surface area contributed by atoms with Gasteiger partial charge >= 0.3 is 0 Å². The average molecular weight is 306 g/mol. The number of hydrogen-bond donors (Lipinski definition) is 0. The molecule has 0 saturated carbocycles. The Morgan fingerprint density at radius 1 is 0.591 bits per heavy atom. The highest BCUT2D eigenvalue weighted by Gasteiger charge is 2.44. The minimum atomic E-state index is -0.883. The Kier molecular flexibility index (Phi) is 6.51. The summed E-state index contributed by atoms with van der Waals surface area (Å²) in [5.41, 5.74) is -2.33. The lowest BCUT2D eigenvalue weighted by atomic mass is 9.84. The van der Waals surface area contributed by atoms with Gasteiger partial charge in [-0.3, -0.25) is 0 Å². The van der Waals surface area contributed by atoms with E-state index in [1.165, 1.54) is 0 Å².